The molecule has 2 aliphatic heterocycles. The SMILES string of the molecule is CC(C)(C)OC(=O)n1cc(CC2CN3C=C(c4ccncc4)CCC3CN2C(=O)c2cc(C(F)(F)F)cc(C(F)(F)F)c2)c2ccccc21. The van der Waals surface area contributed by atoms with Crippen molar-refractivity contribution in [2.75, 3.05) is 13.1 Å². The summed E-state index contributed by atoms with van der Waals surface area (Å²) in [4.78, 5) is 34.9. The molecule has 0 aliphatic carbocycles. The van der Waals surface area contributed by atoms with Crippen LogP contribution >= 0.6 is 0 Å². The summed E-state index contributed by atoms with van der Waals surface area (Å²) in [7, 11) is 0. The van der Waals surface area contributed by atoms with E-state index in [1.165, 1.54) is 9.47 Å². The van der Waals surface area contributed by atoms with Crippen molar-refractivity contribution < 1.29 is 40.7 Å². The normalized spacial score (nSPS) is 18.7. The van der Waals surface area contributed by atoms with Crippen LogP contribution in [0.5, 0.6) is 0 Å². The van der Waals surface area contributed by atoms with Gasteiger partial charge in [-0.25, -0.2) is 4.79 Å². The Balaban J connectivity index is 1.41. The molecule has 0 radical (unpaired) electrons. The number of alkyl halides is 6. The highest BCUT2D eigenvalue weighted by atomic mass is 19.4. The summed E-state index contributed by atoms with van der Waals surface area (Å²) in [6, 6.07) is 11.0. The van der Waals surface area contributed by atoms with Gasteiger partial charge in [0.15, 0.2) is 0 Å². The molecule has 2 aromatic heterocycles. The number of piperazine rings is 1. The van der Waals surface area contributed by atoms with Crippen LogP contribution in [0.25, 0.3) is 16.5 Å². The third kappa shape index (κ3) is 7.30. The molecule has 49 heavy (non-hydrogen) atoms. The van der Waals surface area contributed by atoms with E-state index in [1.807, 2.05) is 24.4 Å². The van der Waals surface area contributed by atoms with E-state index in [2.05, 4.69) is 9.88 Å². The predicted octanol–water partition coefficient (Wildman–Crippen LogP) is 8.43. The summed E-state index contributed by atoms with van der Waals surface area (Å²) in [5, 5.41) is 0.702. The molecular formula is C36H34F6N4O3. The van der Waals surface area contributed by atoms with E-state index in [0.717, 1.165) is 11.1 Å². The van der Waals surface area contributed by atoms with Gasteiger partial charge in [-0.15, -0.1) is 0 Å². The van der Waals surface area contributed by atoms with E-state index in [4.69, 9.17) is 4.74 Å². The molecule has 0 bridgehead atoms. The average molecular weight is 685 g/mol. The molecular weight excluding hydrogens is 650 g/mol. The number of aromatic nitrogens is 2. The van der Waals surface area contributed by atoms with Gasteiger partial charge in [0.2, 0.25) is 0 Å². The Morgan fingerprint density at radius 1 is 0.898 bits per heavy atom. The van der Waals surface area contributed by atoms with Gasteiger partial charge in [0.05, 0.1) is 22.7 Å². The maximum absolute atomic E-state index is 14.1. The summed E-state index contributed by atoms with van der Waals surface area (Å²) in [5.74, 6) is -0.930. The number of carbonyl (C=O) groups excluding carboxylic acids is 2. The molecule has 2 aliphatic rings. The zero-order valence-corrected chi connectivity index (χ0v) is 27.0. The number of ether oxygens (including phenoxy) is 1. The number of carbonyl (C=O) groups is 2. The van der Waals surface area contributed by atoms with Crippen molar-refractivity contribution in [1.82, 2.24) is 19.4 Å². The molecule has 258 valence electrons. The number of benzene rings is 2. The molecule has 2 aromatic carbocycles. The maximum atomic E-state index is 14.1. The van der Waals surface area contributed by atoms with E-state index in [0.29, 0.717) is 41.4 Å². The fraction of sp³-hybridized carbons (Fsp3) is 0.361. The van der Waals surface area contributed by atoms with Gasteiger partial charge in [-0.05, 0) is 93.1 Å². The molecule has 1 fully saturated rings. The average Bonchev–Trinajstić information content (AvgIpc) is 3.41. The molecule has 0 N–H and O–H groups in total. The zero-order chi connectivity index (χ0) is 35.3. The first-order valence-corrected chi connectivity index (χ1v) is 15.8. The molecule has 4 aromatic rings. The van der Waals surface area contributed by atoms with Gasteiger partial charge in [-0.2, -0.15) is 26.3 Å². The monoisotopic (exact) mass is 684 g/mol. The van der Waals surface area contributed by atoms with Gasteiger partial charge in [0, 0.05) is 54.9 Å². The van der Waals surface area contributed by atoms with E-state index >= 15 is 0 Å². The van der Waals surface area contributed by atoms with Gasteiger partial charge in [-0.3, -0.25) is 14.3 Å². The highest BCUT2D eigenvalue weighted by molar-refractivity contribution is 5.95. The molecule has 4 heterocycles. The first kappa shape index (κ1) is 34.1. The van der Waals surface area contributed by atoms with Crippen molar-refractivity contribution in [2.24, 2.45) is 0 Å². The second kappa shape index (κ2) is 12.6. The molecule has 0 saturated carbocycles. The minimum atomic E-state index is -5.10. The number of fused-ring (bicyclic) bond motifs is 2. The Bertz CT molecular complexity index is 1880. The van der Waals surface area contributed by atoms with Crippen molar-refractivity contribution in [3.05, 3.63) is 107 Å². The first-order chi connectivity index (χ1) is 23.0. The van der Waals surface area contributed by atoms with E-state index < -0.39 is 52.7 Å². The quantitative estimate of drug-likeness (QED) is 0.202. The molecule has 1 amide bonds. The Hall–Kier alpha value is -4.81. The number of amides is 1. The fourth-order valence-electron chi connectivity index (χ4n) is 6.56. The smallest absolute Gasteiger partial charge is 0.419 e. The lowest BCUT2D eigenvalue weighted by molar-refractivity contribution is -0.143. The van der Waals surface area contributed by atoms with Crippen molar-refractivity contribution >= 4 is 28.5 Å². The number of halogens is 6. The number of hydrogen-bond acceptors (Lipinski definition) is 5. The lowest BCUT2D eigenvalue weighted by Gasteiger charge is -2.48. The number of hydrogen-bond donors (Lipinski definition) is 0. The molecule has 6 rings (SSSR count). The van der Waals surface area contributed by atoms with Crippen LogP contribution in [0.2, 0.25) is 0 Å². The molecule has 13 heteroatoms. The molecule has 0 spiro atoms. The highest BCUT2D eigenvalue weighted by Gasteiger charge is 2.41. The standard InChI is InChI=1S/C36H34F6N4O3/c1-34(2,3)49-33(48)46-19-25(30-6-4-5-7-31(30)46)16-29-20-44-18-23(22-10-12-43-13-11-22)8-9-28(44)21-45(29)32(47)24-14-26(35(37,38)39)17-27(15-24)36(40,41)42/h4-7,10-15,17-19,28-29H,8-9,16,20-21H2,1-3H3. The zero-order valence-electron chi connectivity index (χ0n) is 27.0. The second-order valence-corrected chi connectivity index (χ2v) is 13.4. The van der Waals surface area contributed by atoms with Crippen LogP contribution in [0.4, 0.5) is 31.1 Å². The minimum absolute atomic E-state index is 0.0181. The summed E-state index contributed by atoms with van der Waals surface area (Å²) in [5.41, 5.74) is -1.33. The summed E-state index contributed by atoms with van der Waals surface area (Å²) in [6.45, 7) is 5.55. The molecule has 2 unspecified atom stereocenters. The number of allylic oxidation sites excluding steroid dienone is 1. The summed E-state index contributed by atoms with van der Waals surface area (Å²) in [6.07, 6.45) is -2.39. The number of rotatable bonds is 4. The Labute approximate surface area is 278 Å². The van der Waals surface area contributed by atoms with E-state index in [9.17, 15) is 35.9 Å². The summed E-state index contributed by atoms with van der Waals surface area (Å²) >= 11 is 0. The maximum Gasteiger partial charge on any atom is 0.419 e. The van der Waals surface area contributed by atoms with Gasteiger partial charge in [0.1, 0.15) is 5.60 Å². The Morgan fingerprint density at radius 3 is 2.18 bits per heavy atom. The number of pyridine rings is 1. The van der Waals surface area contributed by atoms with E-state index in [1.54, 1.807) is 57.6 Å². The number of nitrogens with zero attached hydrogens (tertiary/aromatic N) is 4. The van der Waals surface area contributed by atoms with Gasteiger partial charge < -0.3 is 14.5 Å². The van der Waals surface area contributed by atoms with Crippen molar-refractivity contribution in [2.45, 2.75) is 70.1 Å². The van der Waals surface area contributed by atoms with Gasteiger partial charge >= 0.3 is 18.4 Å². The van der Waals surface area contributed by atoms with Crippen LogP contribution < -0.4 is 0 Å². The summed E-state index contributed by atoms with van der Waals surface area (Å²) < 4.78 is 89.6. The van der Waals surface area contributed by atoms with Crippen molar-refractivity contribution in [3.63, 3.8) is 0 Å². The first-order valence-electron chi connectivity index (χ1n) is 15.8. The van der Waals surface area contributed by atoms with Crippen molar-refractivity contribution in [1.29, 1.82) is 0 Å². The Kier molecular flexibility index (Phi) is 8.74. The lowest BCUT2D eigenvalue weighted by atomic mass is 9.90. The molecule has 2 atom stereocenters. The third-order valence-electron chi connectivity index (χ3n) is 8.79. The predicted molar refractivity (Wildman–Crippen MR) is 170 cm³/mol. The van der Waals surface area contributed by atoms with Crippen LogP contribution in [0.15, 0.2) is 79.4 Å². The van der Waals surface area contributed by atoms with Crippen LogP contribution in [0.3, 0.4) is 0 Å². The topological polar surface area (TPSA) is 67.7 Å². The van der Waals surface area contributed by atoms with Gasteiger partial charge in [0.25, 0.3) is 5.91 Å². The second-order valence-electron chi connectivity index (χ2n) is 13.4. The van der Waals surface area contributed by atoms with Crippen LogP contribution in [0.1, 0.15) is 66.2 Å². The van der Waals surface area contributed by atoms with E-state index in [-0.39, 0.29) is 31.6 Å². The fourth-order valence-corrected chi connectivity index (χ4v) is 6.56. The van der Waals surface area contributed by atoms with Crippen LogP contribution in [0, 0.1) is 0 Å². The van der Waals surface area contributed by atoms with Gasteiger partial charge in [-0.1, -0.05) is 18.2 Å². The highest BCUT2D eigenvalue weighted by Crippen LogP contribution is 2.38. The van der Waals surface area contributed by atoms with Crippen LogP contribution in [-0.2, 0) is 23.5 Å². The largest absolute Gasteiger partial charge is 0.443 e. The third-order valence-corrected chi connectivity index (χ3v) is 8.79. The lowest BCUT2D eigenvalue weighted by Crippen LogP contribution is -2.59. The molecule has 7 nitrogen and oxygen atoms in total. The molecule has 1 saturated heterocycles. The minimum Gasteiger partial charge on any atom is -0.443 e. The van der Waals surface area contributed by atoms with Crippen LogP contribution in [-0.4, -0.2) is 62.1 Å². The number of para-hydroxylation sites is 1. The van der Waals surface area contributed by atoms with Crippen molar-refractivity contribution in [3.8, 4) is 0 Å². The Morgan fingerprint density at radius 2 is 1.55 bits per heavy atom.